The third-order valence-corrected chi connectivity index (χ3v) is 7.84. The first-order valence-corrected chi connectivity index (χ1v) is 12.8. The maximum atomic E-state index is 13.8. The second kappa shape index (κ2) is 9.97. The molecule has 32 heavy (non-hydrogen) atoms. The minimum atomic E-state index is -1.12. The first-order valence-electron chi connectivity index (χ1n) is 11.8. The third kappa shape index (κ3) is 4.20. The Labute approximate surface area is 198 Å². The van der Waals surface area contributed by atoms with Crippen molar-refractivity contribution in [1.29, 1.82) is 0 Å². The topological polar surface area (TPSA) is 105 Å². The van der Waals surface area contributed by atoms with E-state index in [0.717, 1.165) is 12.8 Å². The Balaban J connectivity index is 2.05. The summed E-state index contributed by atoms with van der Waals surface area (Å²) in [7, 11) is 0. The van der Waals surface area contributed by atoms with Crippen LogP contribution in [0.1, 0.15) is 60.3 Å². The zero-order chi connectivity index (χ0) is 23.8. The molecule has 0 aliphatic carbocycles. The van der Waals surface area contributed by atoms with E-state index in [-0.39, 0.29) is 41.8 Å². The van der Waals surface area contributed by atoms with Gasteiger partial charge in [-0.25, -0.2) is 0 Å². The number of aliphatic hydroxyl groups excluding tert-OH is 1. The Morgan fingerprint density at radius 2 is 2.03 bits per heavy atom. The number of aliphatic hydroxyl groups is 1. The van der Waals surface area contributed by atoms with Gasteiger partial charge in [-0.1, -0.05) is 43.1 Å². The number of esters is 1. The van der Waals surface area contributed by atoms with Gasteiger partial charge in [0.05, 0.1) is 37.2 Å². The van der Waals surface area contributed by atoms with Gasteiger partial charge in [-0.2, -0.15) is 0 Å². The van der Waals surface area contributed by atoms with Crippen molar-refractivity contribution in [3.63, 3.8) is 0 Å². The summed E-state index contributed by atoms with van der Waals surface area (Å²) in [5.41, 5.74) is -1.12. The molecule has 3 aliphatic rings. The number of carbonyl (C=O) groups excluding carboxylic acids is 3. The zero-order valence-electron chi connectivity index (χ0n) is 19.7. The summed E-state index contributed by atoms with van der Waals surface area (Å²) < 4.78 is 11.7. The average Bonchev–Trinajstić information content (AvgIpc) is 3.29. The van der Waals surface area contributed by atoms with E-state index in [1.807, 2.05) is 27.7 Å². The highest BCUT2D eigenvalue weighted by Crippen LogP contribution is 2.60. The monoisotopic (exact) mass is 516 g/mol. The van der Waals surface area contributed by atoms with Crippen molar-refractivity contribution in [1.82, 2.24) is 10.2 Å². The van der Waals surface area contributed by atoms with Crippen LogP contribution in [0.15, 0.2) is 0 Å². The fourth-order valence-electron chi connectivity index (χ4n) is 5.92. The van der Waals surface area contributed by atoms with Gasteiger partial charge in [0.2, 0.25) is 11.8 Å². The van der Waals surface area contributed by atoms with Gasteiger partial charge in [0, 0.05) is 10.9 Å². The molecule has 8 atom stereocenters. The van der Waals surface area contributed by atoms with Crippen LogP contribution >= 0.6 is 15.9 Å². The molecule has 2 bridgehead atoms. The van der Waals surface area contributed by atoms with Crippen LogP contribution in [0.3, 0.4) is 0 Å². The summed E-state index contributed by atoms with van der Waals surface area (Å²) >= 11 is 3.63. The first kappa shape index (κ1) is 25.4. The van der Waals surface area contributed by atoms with Crippen molar-refractivity contribution < 1.29 is 29.0 Å². The Hall–Kier alpha value is -1.19. The van der Waals surface area contributed by atoms with Gasteiger partial charge in [-0.15, -0.1) is 0 Å². The van der Waals surface area contributed by atoms with Gasteiger partial charge in [-0.05, 0) is 39.0 Å². The summed E-state index contributed by atoms with van der Waals surface area (Å²) in [6.45, 7) is 9.69. The molecule has 9 heteroatoms. The highest BCUT2D eigenvalue weighted by molar-refractivity contribution is 9.09. The molecule has 182 valence electrons. The van der Waals surface area contributed by atoms with Crippen LogP contribution in [0.4, 0.5) is 0 Å². The molecular formula is C23H37BrN2O6. The highest BCUT2D eigenvalue weighted by atomic mass is 79.9. The molecule has 3 aliphatic heterocycles. The third-order valence-electron chi connectivity index (χ3n) is 6.99. The van der Waals surface area contributed by atoms with Crippen LogP contribution in [0.25, 0.3) is 0 Å². The molecule has 2 amide bonds. The molecule has 0 aromatic rings. The van der Waals surface area contributed by atoms with Crippen molar-refractivity contribution in [3.05, 3.63) is 0 Å². The summed E-state index contributed by atoms with van der Waals surface area (Å²) in [5.74, 6) is -2.40. The van der Waals surface area contributed by atoms with E-state index in [0.29, 0.717) is 12.8 Å². The molecule has 3 heterocycles. The van der Waals surface area contributed by atoms with Crippen molar-refractivity contribution in [3.8, 4) is 0 Å². The van der Waals surface area contributed by atoms with E-state index in [1.54, 1.807) is 6.92 Å². The molecule has 0 radical (unpaired) electrons. The molecule has 8 nitrogen and oxygen atoms in total. The highest BCUT2D eigenvalue weighted by Gasteiger charge is 2.77. The lowest BCUT2D eigenvalue weighted by Gasteiger charge is -2.37. The largest absolute Gasteiger partial charge is 0.466 e. The summed E-state index contributed by atoms with van der Waals surface area (Å²) in [6, 6.07) is -1.49. The van der Waals surface area contributed by atoms with Crippen LogP contribution in [0, 0.1) is 17.8 Å². The number of halogens is 1. The number of hydrogen-bond donors (Lipinski definition) is 2. The normalized spacial score (nSPS) is 35.2. The molecule has 3 saturated heterocycles. The molecule has 0 aromatic heterocycles. The number of hydrogen-bond acceptors (Lipinski definition) is 6. The molecule has 3 fully saturated rings. The predicted octanol–water partition coefficient (Wildman–Crippen LogP) is 2.01. The number of carbonyl (C=O) groups is 3. The molecule has 0 aromatic carbocycles. The van der Waals surface area contributed by atoms with Crippen LogP contribution in [0.5, 0.6) is 0 Å². The van der Waals surface area contributed by atoms with Crippen LogP contribution in [-0.4, -0.2) is 75.7 Å². The molecular weight excluding hydrogens is 480 g/mol. The maximum Gasteiger partial charge on any atom is 0.312 e. The standard InChI is InChI=1S/C23H37BrN2O6/c1-6-8-13(5)25-20(28)19-23-10-15(24)18(32-23)16(22(30)31-7-2)17(23)21(29)26(19)14(11-27)9-12(3)4/h12-19,27H,6-11H2,1-5H3,(H,25,28)/t13?,14-,15?,16-,17+,18-,19-,23+/m1/s1. The molecule has 3 rings (SSSR count). The lowest BCUT2D eigenvalue weighted by atomic mass is 9.70. The number of nitrogens with one attached hydrogen (secondary N) is 1. The number of nitrogens with zero attached hydrogens (tertiary/aromatic N) is 1. The number of amides is 2. The number of alkyl halides is 1. The second-order valence-electron chi connectivity index (χ2n) is 9.83. The van der Waals surface area contributed by atoms with Crippen molar-refractivity contribution in [2.75, 3.05) is 13.2 Å². The SMILES string of the molecule is CCCC(C)NC(=O)[C@H]1N([C@@H](CO)CC(C)C)C(=O)[C@@H]2[C@@H](C(=O)OCC)[C@@H]3O[C@@]21CC3Br. The van der Waals surface area contributed by atoms with Gasteiger partial charge < -0.3 is 24.8 Å². The number of ether oxygens (including phenoxy) is 2. The van der Waals surface area contributed by atoms with E-state index >= 15 is 0 Å². The smallest absolute Gasteiger partial charge is 0.312 e. The van der Waals surface area contributed by atoms with E-state index in [4.69, 9.17) is 9.47 Å². The van der Waals surface area contributed by atoms with E-state index in [2.05, 4.69) is 21.2 Å². The van der Waals surface area contributed by atoms with Crippen LogP contribution in [0.2, 0.25) is 0 Å². The number of likely N-dealkylation sites (tertiary alicyclic amines) is 1. The van der Waals surface area contributed by atoms with E-state index in [1.165, 1.54) is 4.90 Å². The molecule has 0 saturated carbocycles. The molecule has 2 N–H and O–H groups in total. The average molecular weight is 517 g/mol. The Kier molecular flexibility index (Phi) is 7.93. The Bertz CT molecular complexity index is 733. The van der Waals surface area contributed by atoms with Crippen molar-refractivity contribution in [2.24, 2.45) is 17.8 Å². The van der Waals surface area contributed by atoms with Gasteiger partial charge in [0.15, 0.2) is 0 Å². The van der Waals surface area contributed by atoms with Gasteiger partial charge in [0.1, 0.15) is 11.6 Å². The summed E-state index contributed by atoms with van der Waals surface area (Å²) in [6.07, 6.45) is 2.20. The Morgan fingerprint density at radius 1 is 1.34 bits per heavy atom. The fourth-order valence-corrected chi connectivity index (χ4v) is 6.86. The predicted molar refractivity (Wildman–Crippen MR) is 122 cm³/mol. The van der Waals surface area contributed by atoms with E-state index in [9.17, 15) is 19.5 Å². The molecule has 1 spiro atoms. The summed E-state index contributed by atoms with van der Waals surface area (Å²) in [4.78, 5) is 41.7. The zero-order valence-corrected chi connectivity index (χ0v) is 21.3. The first-order chi connectivity index (χ1) is 15.1. The minimum absolute atomic E-state index is 0.0585. The lowest BCUT2D eigenvalue weighted by Crippen LogP contribution is -2.59. The maximum absolute atomic E-state index is 13.8. The fraction of sp³-hybridized carbons (Fsp3) is 0.870. The summed E-state index contributed by atoms with van der Waals surface area (Å²) in [5, 5.41) is 13.2. The van der Waals surface area contributed by atoms with Gasteiger partial charge in [-0.3, -0.25) is 14.4 Å². The van der Waals surface area contributed by atoms with Crippen LogP contribution in [-0.2, 0) is 23.9 Å². The van der Waals surface area contributed by atoms with Gasteiger partial charge in [0.25, 0.3) is 0 Å². The van der Waals surface area contributed by atoms with Crippen molar-refractivity contribution in [2.45, 2.75) is 95.0 Å². The van der Waals surface area contributed by atoms with Crippen molar-refractivity contribution >= 4 is 33.7 Å². The molecule has 2 unspecified atom stereocenters. The minimum Gasteiger partial charge on any atom is -0.466 e. The van der Waals surface area contributed by atoms with E-state index < -0.39 is 41.6 Å². The number of rotatable bonds is 10. The Morgan fingerprint density at radius 3 is 2.59 bits per heavy atom. The van der Waals surface area contributed by atoms with Crippen LogP contribution < -0.4 is 5.32 Å². The second-order valence-corrected chi connectivity index (χ2v) is 11.0. The quantitative estimate of drug-likeness (QED) is 0.340. The van der Waals surface area contributed by atoms with Gasteiger partial charge >= 0.3 is 5.97 Å². The number of fused-ring (bicyclic) bond motifs is 1. The lowest BCUT2D eigenvalue weighted by molar-refractivity contribution is -0.155.